The van der Waals surface area contributed by atoms with E-state index in [0.717, 1.165) is 22.0 Å². The lowest BCUT2D eigenvalue weighted by Crippen LogP contribution is -2.30. The molecule has 0 fully saturated rings. The summed E-state index contributed by atoms with van der Waals surface area (Å²) >= 11 is 3.31. The van der Waals surface area contributed by atoms with Crippen LogP contribution in [0, 0.1) is 6.92 Å². The number of hydrogen-bond acceptors (Lipinski definition) is 4. The number of thiazole rings is 1. The van der Waals surface area contributed by atoms with Crippen molar-refractivity contribution in [1.82, 2.24) is 10.3 Å². The molecule has 0 aliphatic heterocycles. The minimum absolute atomic E-state index is 0.198. The van der Waals surface area contributed by atoms with E-state index in [1.165, 1.54) is 10.5 Å². The monoisotopic (exact) mass is 383 g/mol. The van der Waals surface area contributed by atoms with Crippen molar-refractivity contribution in [1.29, 1.82) is 0 Å². The van der Waals surface area contributed by atoms with Crippen LogP contribution in [0.25, 0.3) is 10.6 Å². The van der Waals surface area contributed by atoms with E-state index in [1.807, 2.05) is 30.5 Å². The average Bonchev–Trinajstić information content (AvgIpc) is 3.12. The Morgan fingerprint density at radius 3 is 2.54 bits per heavy atom. The summed E-state index contributed by atoms with van der Waals surface area (Å²) in [5.74, 6) is 0. The van der Waals surface area contributed by atoms with E-state index in [-0.39, 0.29) is 6.03 Å². The maximum Gasteiger partial charge on any atom is 0.319 e. The van der Waals surface area contributed by atoms with Gasteiger partial charge in [-0.25, -0.2) is 9.78 Å². The van der Waals surface area contributed by atoms with E-state index in [4.69, 9.17) is 0 Å². The topological polar surface area (TPSA) is 54.0 Å². The first kappa shape index (κ1) is 18.5. The molecule has 6 heteroatoms. The van der Waals surface area contributed by atoms with Crippen molar-refractivity contribution in [2.45, 2.75) is 18.2 Å². The Bertz CT molecular complexity index is 858. The van der Waals surface area contributed by atoms with E-state index >= 15 is 0 Å². The van der Waals surface area contributed by atoms with E-state index in [2.05, 4.69) is 52.2 Å². The van der Waals surface area contributed by atoms with Crippen LogP contribution in [0.15, 0.2) is 58.8 Å². The Morgan fingerprint density at radius 1 is 1.12 bits per heavy atom. The SMILES string of the molecule is CSc1ccc(NC(=O)NCCc2csc(-c3ccc(C)cc3)n2)cc1. The highest BCUT2D eigenvalue weighted by atomic mass is 32.2. The average molecular weight is 384 g/mol. The first-order valence-electron chi connectivity index (χ1n) is 8.34. The third-order valence-corrected chi connectivity index (χ3v) is 5.55. The number of aryl methyl sites for hydroxylation is 1. The highest BCUT2D eigenvalue weighted by Gasteiger charge is 2.06. The highest BCUT2D eigenvalue weighted by molar-refractivity contribution is 7.98. The number of nitrogens with zero attached hydrogens (tertiary/aromatic N) is 1. The number of nitrogens with one attached hydrogen (secondary N) is 2. The summed E-state index contributed by atoms with van der Waals surface area (Å²) in [5.41, 5.74) is 4.15. The second-order valence-corrected chi connectivity index (χ2v) is 7.61. The Balaban J connectivity index is 1.47. The number of aromatic nitrogens is 1. The van der Waals surface area contributed by atoms with Crippen LogP contribution in [0.3, 0.4) is 0 Å². The number of amides is 2. The Hall–Kier alpha value is -2.31. The molecule has 0 saturated heterocycles. The number of carbonyl (C=O) groups is 1. The zero-order chi connectivity index (χ0) is 18.4. The minimum Gasteiger partial charge on any atom is -0.337 e. The summed E-state index contributed by atoms with van der Waals surface area (Å²) in [5, 5.41) is 8.78. The molecule has 4 nitrogen and oxygen atoms in total. The van der Waals surface area contributed by atoms with Crippen molar-refractivity contribution in [3.05, 3.63) is 65.2 Å². The van der Waals surface area contributed by atoms with Crippen LogP contribution < -0.4 is 10.6 Å². The van der Waals surface area contributed by atoms with Crippen LogP contribution in [0.2, 0.25) is 0 Å². The molecule has 0 atom stereocenters. The van der Waals surface area contributed by atoms with Gasteiger partial charge in [0.15, 0.2) is 0 Å². The van der Waals surface area contributed by atoms with Crippen LogP contribution >= 0.6 is 23.1 Å². The first-order valence-corrected chi connectivity index (χ1v) is 10.4. The predicted molar refractivity (Wildman–Crippen MR) is 111 cm³/mol. The molecule has 134 valence electrons. The lowest BCUT2D eigenvalue weighted by molar-refractivity contribution is 0.252. The van der Waals surface area contributed by atoms with Crippen molar-refractivity contribution in [3.63, 3.8) is 0 Å². The fraction of sp³-hybridized carbons (Fsp3) is 0.200. The summed E-state index contributed by atoms with van der Waals surface area (Å²) < 4.78 is 0. The smallest absolute Gasteiger partial charge is 0.319 e. The van der Waals surface area contributed by atoms with Gasteiger partial charge in [0.25, 0.3) is 0 Å². The van der Waals surface area contributed by atoms with Gasteiger partial charge in [-0.1, -0.05) is 29.8 Å². The Labute approximate surface area is 162 Å². The first-order chi connectivity index (χ1) is 12.6. The standard InChI is InChI=1S/C20H21N3OS2/c1-14-3-5-15(6-4-14)19-22-17(13-26-19)11-12-21-20(24)23-16-7-9-18(25-2)10-8-16/h3-10,13H,11-12H2,1-2H3,(H2,21,23,24). The molecule has 0 unspecified atom stereocenters. The molecule has 0 bridgehead atoms. The van der Waals surface area contributed by atoms with Gasteiger partial charge in [-0.05, 0) is 37.4 Å². The van der Waals surface area contributed by atoms with Crippen LogP contribution in [0.1, 0.15) is 11.3 Å². The van der Waals surface area contributed by atoms with Crippen molar-refractivity contribution in [2.75, 3.05) is 18.1 Å². The van der Waals surface area contributed by atoms with Gasteiger partial charge >= 0.3 is 6.03 Å². The molecule has 3 rings (SSSR count). The second-order valence-electron chi connectivity index (χ2n) is 5.87. The minimum atomic E-state index is -0.198. The molecular formula is C20H21N3OS2. The van der Waals surface area contributed by atoms with E-state index in [1.54, 1.807) is 23.1 Å². The molecular weight excluding hydrogens is 362 g/mol. The lowest BCUT2D eigenvalue weighted by atomic mass is 10.2. The molecule has 0 spiro atoms. The maximum absolute atomic E-state index is 12.0. The normalized spacial score (nSPS) is 10.5. The largest absolute Gasteiger partial charge is 0.337 e. The van der Waals surface area contributed by atoms with Gasteiger partial charge in [0, 0.05) is 34.5 Å². The van der Waals surface area contributed by atoms with Gasteiger partial charge in [-0.3, -0.25) is 0 Å². The molecule has 3 aromatic rings. The van der Waals surface area contributed by atoms with Crippen molar-refractivity contribution in [2.24, 2.45) is 0 Å². The number of benzene rings is 2. The predicted octanol–water partition coefficient (Wildman–Crippen LogP) is 5.20. The van der Waals surface area contributed by atoms with E-state index in [9.17, 15) is 4.79 Å². The molecule has 0 saturated carbocycles. The van der Waals surface area contributed by atoms with Gasteiger partial charge in [0.2, 0.25) is 0 Å². The summed E-state index contributed by atoms with van der Waals surface area (Å²) in [6.07, 6.45) is 2.74. The van der Waals surface area contributed by atoms with E-state index < -0.39 is 0 Å². The van der Waals surface area contributed by atoms with Gasteiger partial charge in [-0.15, -0.1) is 23.1 Å². The van der Waals surface area contributed by atoms with Crippen molar-refractivity contribution >= 4 is 34.8 Å². The molecule has 26 heavy (non-hydrogen) atoms. The van der Waals surface area contributed by atoms with E-state index in [0.29, 0.717) is 13.0 Å². The quantitative estimate of drug-likeness (QED) is 0.575. The maximum atomic E-state index is 12.0. The molecule has 0 radical (unpaired) electrons. The summed E-state index contributed by atoms with van der Waals surface area (Å²) in [4.78, 5) is 17.8. The Morgan fingerprint density at radius 2 is 1.85 bits per heavy atom. The zero-order valence-corrected chi connectivity index (χ0v) is 16.4. The van der Waals surface area contributed by atoms with Crippen LogP contribution in [0.5, 0.6) is 0 Å². The van der Waals surface area contributed by atoms with Crippen molar-refractivity contribution < 1.29 is 4.79 Å². The third-order valence-electron chi connectivity index (χ3n) is 3.86. The number of anilines is 1. The molecule has 2 N–H and O–H groups in total. The molecule has 1 heterocycles. The molecule has 2 amide bonds. The van der Waals surface area contributed by atoms with Gasteiger partial charge < -0.3 is 10.6 Å². The molecule has 1 aromatic heterocycles. The van der Waals surface area contributed by atoms with Crippen molar-refractivity contribution in [3.8, 4) is 10.6 Å². The summed E-state index contributed by atoms with van der Waals surface area (Å²) in [6, 6.07) is 15.9. The summed E-state index contributed by atoms with van der Waals surface area (Å²) in [6.45, 7) is 2.62. The molecule has 0 aliphatic carbocycles. The number of rotatable bonds is 6. The number of thioether (sulfide) groups is 1. The fourth-order valence-electron chi connectivity index (χ4n) is 2.40. The third kappa shape index (κ3) is 5.09. The van der Waals surface area contributed by atoms with Crippen LogP contribution in [-0.4, -0.2) is 23.8 Å². The lowest BCUT2D eigenvalue weighted by Gasteiger charge is -2.07. The number of urea groups is 1. The highest BCUT2D eigenvalue weighted by Crippen LogP contribution is 2.24. The van der Waals surface area contributed by atoms with Gasteiger partial charge in [0.1, 0.15) is 5.01 Å². The Kier molecular flexibility index (Phi) is 6.30. The molecule has 2 aromatic carbocycles. The fourth-order valence-corrected chi connectivity index (χ4v) is 3.67. The number of hydrogen-bond donors (Lipinski definition) is 2. The molecule has 0 aliphatic rings. The van der Waals surface area contributed by atoms with Crippen LogP contribution in [0.4, 0.5) is 10.5 Å². The van der Waals surface area contributed by atoms with Gasteiger partial charge in [-0.2, -0.15) is 0 Å². The van der Waals surface area contributed by atoms with Gasteiger partial charge in [0.05, 0.1) is 5.69 Å². The van der Waals surface area contributed by atoms with Crippen LogP contribution in [-0.2, 0) is 6.42 Å². The second kappa shape index (κ2) is 8.87. The number of carbonyl (C=O) groups excluding carboxylic acids is 1. The zero-order valence-electron chi connectivity index (χ0n) is 14.8. The summed E-state index contributed by atoms with van der Waals surface area (Å²) in [7, 11) is 0.